The van der Waals surface area contributed by atoms with E-state index in [-0.39, 0.29) is 23.9 Å². The molecule has 2 amide bonds. The summed E-state index contributed by atoms with van der Waals surface area (Å²) in [4.78, 5) is 25.8. The number of anilines is 2. The Balaban J connectivity index is 3.01. The zero-order valence-corrected chi connectivity index (χ0v) is 15.6. The number of hydrogen-bond acceptors (Lipinski definition) is 4. The van der Waals surface area contributed by atoms with E-state index in [0.717, 1.165) is 0 Å². The molecule has 0 unspecified atom stereocenters. The molecule has 6 heteroatoms. The van der Waals surface area contributed by atoms with Crippen LogP contribution in [-0.2, 0) is 9.59 Å². The summed E-state index contributed by atoms with van der Waals surface area (Å²) in [5.74, 6) is 0.484. The Hall–Kier alpha value is -2.24. The number of carbonyl (C=O) groups excluding carboxylic acids is 2. The maximum Gasteiger partial charge on any atom is 0.245 e. The van der Waals surface area contributed by atoms with Crippen LogP contribution >= 0.6 is 0 Å². The Labute approximate surface area is 144 Å². The molecular weight excluding hydrogens is 306 g/mol. The fourth-order valence-corrected chi connectivity index (χ4v) is 2.73. The Morgan fingerprint density at radius 3 is 2.12 bits per heavy atom. The molecule has 0 aliphatic carbocycles. The lowest BCUT2D eigenvalue weighted by atomic mass is 10.1. The second kappa shape index (κ2) is 8.57. The van der Waals surface area contributed by atoms with E-state index in [1.807, 2.05) is 39.5 Å². The third kappa shape index (κ3) is 5.15. The zero-order chi connectivity index (χ0) is 18.4. The van der Waals surface area contributed by atoms with Gasteiger partial charge in [-0.1, -0.05) is 0 Å². The van der Waals surface area contributed by atoms with Crippen LogP contribution in [-0.4, -0.2) is 41.9 Å². The van der Waals surface area contributed by atoms with Crippen molar-refractivity contribution >= 4 is 23.2 Å². The molecule has 0 saturated carbocycles. The molecule has 2 N–H and O–H groups in total. The number of carbonyl (C=O) groups is 2. The van der Waals surface area contributed by atoms with Crippen molar-refractivity contribution in [3.05, 3.63) is 18.2 Å². The normalized spacial score (nSPS) is 12.0. The van der Waals surface area contributed by atoms with E-state index in [0.29, 0.717) is 17.1 Å². The van der Waals surface area contributed by atoms with E-state index in [4.69, 9.17) is 4.74 Å². The average Bonchev–Trinajstić information content (AvgIpc) is 2.46. The van der Waals surface area contributed by atoms with Gasteiger partial charge in [-0.2, -0.15) is 0 Å². The first kappa shape index (κ1) is 19.8. The predicted molar refractivity (Wildman–Crippen MR) is 97.5 cm³/mol. The fraction of sp³-hybridized carbons (Fsp3) is 0.556. The molecule has 1 aromatic carbocycles. The lowest BCUT2D eigenvalue weighted by molar-refractivity contribution is -0.135. The van der Waals surface area contributed by atoms with Crippen LogP contribution in [0.3, 0.4) is 0 Å². The van der Waals surface area contributed by atoms with Gasteiger partial charge >= 0.3 is 0 Å². The van der Waals surface area contributed by atoms with Crippen molar-refractivity contribution in [2.24, 2.45) is 0 Å². The third-order valence-electron chi connectivity index (χ3n) is 3.63. The van der Waals surface area contributed by atoms with Crippen LogP contribution < -0.4 is 15.4 Å². The van der Waals surface area contributed by atoms with E-state index in [1.54, 1.807) is 25.3 Å². The van der Waals surface area contributed by atoms with Gasteiger partial charge in [0.1, 0.15) is 11.8 Å². The van der Waals surface area contributed by atoms with Crippen molar-refractivity contribution in [2.45, 2.75) is 59.7 Å². The van der Waals surface area contributed by atoms with Gasteiger partial charge in [-0.3, -0.25) is 9.59 Å². The molecule has 0 bridgehead atoms. The van der Waals surface area contributed by atoms with E-state index >= 15 is 0 Å². The minimum Gasteiger partial charge on any atom is -0.495 e. The van der Waals surface area contributed by atoms with E-state index in [2.05, 4.69) is 10.6 Å². The number of nitrogens with one attached hydrogen (secondary N) is 2. The summed E-state index contributed by atoms with van der Waals surface area (Å²) in [6.45, 7) is 11.3. The maximum atomic E-state index is 12.7. The number of benzene rings is 1. The van der Waals surface area contributed by atoms with Gasteiger partial charge < -0.3 is 20.3 Å². The monoisotopic (exact) mass is 335 g/mol. The molecule has 1 atom stereocenters. The number of nitrogens with zero attached hydrogens (tertiary/aromatic N) is 1. The van der Waals surface area contributed by atoms with Crippen molar-refractivity contribution in [3.8, 4) is 5.75 Å². The number of amides is 2. The minimum atomic E-state index is -0.420. The minimum absolute atomic E-state index is 0.0204. The van der Waals surface area contributed by atoms with E-state index in [9.17, 15) is 9.59 Å². The summed E-state index contributed by atoms with van der Waals surface area (Å²) in [7, 11) is 1.57. The second-order valence-electron chi connectivity index (χ2n) is 6.40. The first-order valence-electron chi connectivity index (χ1n) is 8.21. The molecule has 6 nitrogen and oxygen atoms in total. The molecule has 0 saturated heterocycles. The van der Waals surface area contributed by atoms with Crippen LogP contribution in [0.1, 0.15) is 41.5 Å². The summed E-state index contributed by atoms with van der Waals surface area (Å²) in [6, 6.07) is 5.10. The quantitative estimate of drug-likeness (QED) is 0.803. The molecule has 0 aromatic heterocycles. The molecule has 0 aliphatic rings. The molecule has 0 radical (unpaired) electrons. The highest BCUT2D eigenvalue weighted by Crippen LogP contribution is 2.28. The maximum absolute atomic E-state index is 12.7. The molecular formula is C18H29N3O3. The summed E-state index contributed by atoms with van der Waals surface area (Å²) in [5.41, 5.74) is 1.31. The molecule has 0 spiro atoms. The Bertz CT molecular complexity index is 577. The molecule has 24 heavy (non-hydrogen) atoms. The summed E-state index contributed by atoms with van der Waals surface area (Å²) in [6.07, 6.45) is 0. The number of hydrogen-bond donors (Lipinski definition) is 2. The van der Waals surface area contributed by atoms with Crippen molar-refractivity contribution in [2.75, 3.05) is 17.7 Å². The third-order valence-corrected chi connectivity index (χ3v) is 3.63. The van der Waals surface area contributed by atoms with Gasteiger partial charge in [0.2, 0.25) is 11.8 Å². The van der Waals surface area contributed by atoms with Gasteiger partial charge in [-0.05, 0) is 52.8 Å². The van der Waals surface area contributed by atoms with Gasteiger partial charge in [-0.15, -0.1) is 0 Å². The number of ether oxygens (including phenoxy) is 1. The number of rotatable bonds is 7. The van der Waals surface area contributed by atoms with Crippen LogP contribution in [0.2, 0.25) is 0 Å². The fourth-order valence-electron chi connectivity index (χ4n) is 2.73. The van der Waals surface area contributed by atoms with Crippen LogP contribution in [0.5, 0.6) is 5.75 Å². The molecule has 1 rings (SSSR count). The van der Waals surface area contributed by atoms with E-state index < -0.39 is 6.04 Å². The molecule has 0 fully saturated rings. The molecule has 1 aromatic rings. The smallest absolute Gasteiger partial charge is 0.245 e. The zero-order valence-electron chi connectivity index (χ0n) is 15.6. The molecule has 0 heterocycles. The Kier molecular flexibility index (Phi) is 7.07. The van der Waals surface area contributed by atoms with Gasteiger partial charge in [0, 0.05) is 24.7 Å². The second-order valence-corrected chi connectivity index (χ2v) is 6.40. The number of methoxy groups -OCH3 is 1. The summed E-state index contributed by atoms with van der Waals surface area (Å²) in [5, 5.41) is 5.93. The SMILES string of the molecule is COc1ccc(NC(C)=O)cc1N[C@@H](C)C(=O)N(C(C)C)C(C)C. The Morgan fingerprint density at radius 2 is 1.67 bits per heavy atom. The predicted octanol–water partition coefficient (Wildman–Crippen LogP) is 3.10. The van der Waals surface area contributed by atoms with E-state index in [1.165, 1.54) is 6.92 Å². The Morgan fingerprint density at radius 1 is 1.08 bits per heavy atom. The lowest BCUT2D eigenvalue weighted by Gasteiger charge is -2.33. The summed E-state index contributed by atoms with van der Waals surface area (Å²) >= 11 is 0. The first-order valence-corrected chi connectivity index (χ1v) is 8.21. The summed E-state index contributed by atoms with van der Waals surface area (Å²) < 4.78 is 5.34. The van der Waals surface area contributed by atoms with Crippen LogP contribution in [0.15, 0.2) is 18.2 Å². The highest BCUT2D eigenvalue weighted by atomic mass is 16.5. The van der Waals surface area contributed by atoms with Gasteiger partial charge in [0.25, 0.3) is 0 Å². The van der Waals surface area contributed by atoms with Gasteiger partial charge in [0.05, 0.1) is 12.8 Å². The molecule has 0 aliphatic heterocycles. The van der Waals surface area contributed by atoms with Crippen LogP contribution in [0.25, 0.3) is 0 Å². The van der Waals surface area contributed by atoms with Crippen LogP contribution in [0, 0.1) is 0 Å². The topological polar surface area (TPSA) is 70.7 Å². The average molecular weight is 335 g/mol. The van der Waals surface area contributed by atoms with Gasteiger partial charge in [0.15, 0.2) is 0 Å². The van der Waals surface area contributed by atoms with Gasteiger partial charge in [-0.25, -0.2) is 0 Å². The highest BCUT2D eigenvalue weighted by Gasteiger charge is 2.25. The van der Waals surface area contributed by atoms with Crippen molar-refractivity contribution < 1.29 is 14.3 Å². The standard InChI is InChI=1S/C18H29N3O3/c1-11(2)21(12(3)4)18(23)13(5)19-16-10-15(20-14(6)22)8-9-17(16)24-7/h8-13,19H,1-7H3,(H,20,22)/t13-/m0/s1. The van der Waals surface area contributed by atoms with Crippen molar-refractivity contribution in [1.82, 2.24) is 4.90 Å². The lowest BCUT2D eigenvalue weighted by Crippen LogP contribution is -2.48. The van der Waals surface area contributed by atoms with Crippen molar-refractivity contribution in [1.29, 1.82) is 0 Å². The van der Waals surface area contributed by atoms with Crippen LogP contribution in [0.4, 0.5) is 11.4 Å². The highest BCUT2D eigenvalue weighted by molar-refractivity contribution is 5.90. The largest absolute Gasteiger partial charge is 0.495 e. The van der Waals surface area contributed by atoms with Crippen molar-refractivity contribution in [3.63, 3.8) is 0 Å². The molecule has 134 valence electrons. The first-order chi connectivity index (χ1) is 11.2.